The second kappa shape index (κ2) is 7.83. The normalized spacial score (nSPS) is 26.0. The average molecular weight is 331 g/mol. The van der Waals surface area contributed by atoms with Crippen LogP contribution >= 0.6 is 23.2 Å². The molecule has 1 aromatic carbocycles. The highest BCUT2D eigenvalue weighted by molar-refractivity contribution is 6.30. The topological polar surface area (TPSA) is 0 Å². The van der Waals surface area contributed by atoms with E-state index in [4.69, 9.17) is 23.2 Å². The summed E-state index contributed by atoms with van der Waals surface area (Å²) >= 11 is 12.2. The Morgan fingerprint density at radius 2 is 2.00 bits per heavy atom. The minimum absolute atomic E-state index is 0.0514. The Hall–Kier alpha value is -0.270. The zero-order chi connectivity index (χ0) is 15.3. The quantitative estimate of drug-likeness (QED) is 0.513. The van der Waals surface area contributed by atoms with Gasteiger partial charge in [-0.15, -0.1) is 11.6 Å². The molecule has 1 aromatic rings. The van der Waals surface area contributed by atoms with Crippen LogP contribution in [-0.2, 0) is 6.42 Å². The second-order valence-electron chi connectivity index (χ2n) is 6.61. The summed E-state index contributed by atoms with van der Waals surface area (Å²) in [6, 6.07) is 5.28. The van der Waals surface area contributed by atoms with Crippen LogP contribution in [0.1, 0.15) is 57.4 Å². The molecule has 0 unspecified atom stereocenters. The maximum Gasteiger partial charge on any atom is 0.144 e. The first-order valence-corrected chi connectivity index (χ1v) is 9.00. The maximum atomic E-state index is 14.1. The highest BCUT2D eigenvalue weighted by Crippen LogP contribution is 2.44. The first-order chi connectivity index (χ1) is 10.1. The SMILES string of the molecule is CCCCC1CCC(CCl)(Cc2cccc(Cl)c2F)CC1. The fraction of sp³-hybridized carbons (Fsp3) is 0.667. The van der Waals surface area contributed by atoms with Gasteiger partial charge < -0.3 is 0 Å². The molecular weight excluding hydrogens is 306 g/mol. The summed E-state index contributed by atoms with van der Waals surface area (Å²) < 4.78 is 14.1. The second-order valence-corrected chi connectivity index (χ2v) is 7.28. The molecule has 1 saturated carbocycles. The van der Waals surface area contributed by atoms with Crippen LogP contribution in [0.2, 0.25) is 5.02 Å². The predicted octanol–water partition coefficient (Wildman–Crippen LogP) is 6.63. The van der Waals surface area contributed by atoms with Crippen LogP contribution in [0.5, 0.6) is 0 Å². The molecular formula is C18H25Cl2F. The minimum atomic E-state index is -0.267. The van der Waals surface area contributed by atoms with Gasteiger partial charge in [0.1, 0.15) is 5.82 Å². The predicted molar refractivity (Wildman–Crippen MR) is 89.8 cm³/mol. The Balaban J connectivity index is 2.01. The van der Waals surface area contributed by atoms with E-state index in [-0.39, 0.29) is 16.3 Å². The van der Waals surface area contributed by atoms with Crippen molar-refractivity contribution in [2.45, 2.75) is 58.3 Å². The van der Waals surface area contributed by atoms with Crippen molar-refractivity contribution in [2.24, 2.45) is 11.3 Å². The Kier molecular flexibility index (Phi) is 6.37. The molecule has 0 atom stereocenters. The van der Waals surface area contributed by atoms with Gasteiger partial charge in [0.05, 0.1) is 5.02 Å². The lowest BCUT2D eigenvalue weighted by Crippen LogP contribution is -2.32. The molecule has 1 fully saturated rings. The third-order valence-corrected chi connectivity index (χ3v) is 5.87. The van der Waals surface area contributed by atoms with E-state index in [9.17, 15) is 4.39 Å². The van der Waals surface area contributed by atoms with Crippen molar-refractivity contribution in [2.75, 3.05) is 5.88 Å². The van der Waals surface area contributed by atoms with Gasteiger partial charge in [0.15, 0.2) is 0 Å². The van der Waals surface area contributed by atoms with E-state index in [1.807, 2.05) is 12.1 Å². The minimum Gasteiger partial charge on any atom is -0.205 e. The smallest absolute Gasteiger partial charge is 0.144 e. The molecule has 3 heteroatoms. The van der Waals surface area contributed by atoms with Crippen LogP contribution < -0.4 is 0 Å². The summed E-state index contributed by atoms with van der Waals surface area (Å²) in [7, 11) is 0. The van der Waals surface area contributed by atoms with Gasteiger partial charge in [-0.1, -0.05) is 49.9 Å². The molecule has 1 aliphatic rings. The van der Waals surface area contributed by atoms with E-state index in [0.717, 1.165) is 24.3 Å². The lowest BCUT2D eigenvalue weighted by Gasteiger charge is -2.39. The number of unbranched alkanes of at least 4 members (excludes halogenated alkanes) is 1. The molecule has 0 amide bonds. The lowest BCUT2D eigenvalue weighted by atomic mass is 9.68. The van der Waals surface area contributed by atoms with Gasteiger partial charge in [0, 0.05) is 5.88 Å². The molecule has 0 nitrogen and oxygen atoms in total. The van der Waals surface area contributed by atoms with Gasteiger partial charge in [-0.05, 0) is 55.1 Å². The van der Waals surface area contributed by atoms with Gasteiger partial charge in [0.2, 0.25) is 0 Å². The molecule has 2 rings (SSSR count). The van der Waals surface area contributed by atoms with Gasteiger partial charge in [-0.25, -0.2) is 4.39 Å². The molecule has 0 radical (unpaired) electrons. The number of benzene rings is 1. The standard InChI is InChI=1S/C18H25Cl2F/c1-2-3-5-14-8-10-18(13-19,11-9-14)12-15-6-4-7-16(20)17(15)21/h4,6-7,14H,2-3,5,8-13H2,1H3. The van der Waals surface area contributed by atoms with E-state index in [1.54, 1.807) is 6.07 Å². The van der Waals surface area contributed by atoms with Crippen molar-refractivity contribution in [1.29, 1.82) is 0 Å². The van der Waals surface area contributed by atoms with Crippen molar-refractivity contribution in [3.8, 4) is 0 Å². The van der Waals surface area contributed by atoms with Crippen LogP contribution in [-0.4, -0.2) is 5.88 Å². The van der Waals surface area contributed by atoms with Crippen LogP contribution in [0.25, 0.3) is 0 Å². The third-order valence-electron chi connectivity index (χ3n) is 5.01. The van der Waals surface area contributed by atoms with Gasteiger partial charge in [-0.2, -0.15) is 0 Å². The van der Waals surface area contributed by atoms with Crippen LogP contribution in [0.4, 0.5) is 4.39 Å². The first-order valence-electron chi connectivity index (χ1n) is 8.09. The average Bonchev–Trinajstić information content (AvgIpc) is 2.51. The Labute approximate surface area is 138 Å². The van der Waals surface area contributed by atoms with Crippen LogP contribution in [0.3, 0.4) is 0 Å². The monoisotopic (exact) mass is 330 g/mol. The number of rotatable bonds is 6. The van der Waals surface area contributed by atoms with Gasteiger partial charge >= 0.3 is 0 Å². The Bertz CT molecular complexity index is 451. The van der Waals surface area contributed by atoms with E-state index in [2.05, 4.69) is 6.92 Å². The molecule has 0 bridgehead atoms. The summed E-state index contributed by atoms with van der Waals surface area (Å²) in [5, 5.41) is 0.217. The van der Waals surface area contributed by atoms with Crippen molar-refractivity contribution in [1.82, 2.24) is 0 Å². The Morgan fingerprint density at radius 3 is 2.62 bits per heavy atom. The largest absolute Gasteiger partial charge is 0.205 e. The number of alkyl halides is 1. The molecule has 0 spiro atoms. The number of hydrogen-bond donors (Lipinski definition) is 0. The lowest BCUT2D eigenvalue weighted by molar-refractivity contribution is 0.164. The van der Waals surface area contributed by atoms with Crippen molar-refractivity contribution in [3.05, 3.63) is 34.6 Å². The molecule has 0 aromatic heterocycles. The molecule has 21 heavy (non-hydrogen) atoms. The van der Waals surface area contributed by atoms with E-state index < -0.39 is 0 Å². The number of hydrogen-bond acceptors (Lipinski definition) is 0. The van der Waals surface area contributed by atoms with Gasteiger partial charge in [0.25, 0.3) is 0 Å². The molecule has 0 aliphatic heterocycles. The summed E-state index contributed by atoms with van der Waals surface area (Å²) in [6.07, 6.45) is 9.31. The van der Waals surface area contributed by atoms with E-state index >= 15 is 0 Å². The molecule has 1 aliphatic carbocycles. The van der Waals surface area contributed by atoms with E-state index in [1.165, 1.54) is 32.1 Å². The zero-order valence-electron chi connectivity index (χ0n) is 12.8. The molecule has 0 saturated heterocycles. The molecule has 118 valence electrons. The first kappa shape index (κ1) is 17.1. The summed E-state index contributed by atoms with van der Waals surface area (Å²) in [4.78, 5) is 0. The Morgan fingerprint density at radius 1 is 1.29 bits per heavy atom. The van der Waals surface area contributed by atoms with E-state index in [0.29, 0.717) is 12.3 Å². The summed E-state index contributed by atoms with van der Waals surface area (Å²) in [5.74, 6) is 1.18. The summed E-state index contributed by atoms with van der Waals surface area (Å²) in [6.45, 7) is 2.24. The molecule has 0 N–H and O–H groups in total. The van der Waals surface area contributed by atoms with Gasteiger partial charge in [-0.3, -0.25) is 0 Å². The van der Waals surface area contributed by atoms with Crippen LogP contribution in [0, 0.1) is 17.2 Å². The fourth-order valence-corrected chi connectivity index (χ4v) is 4.07. The van der Waals surface area contributed by atoms with Crippen molar-refractivity contribution in [3.63, 3.8) is 0 Å². The summed E-state index contributed by atoms with van der Waals surface area (Å²) in [5.41, 5.74) is 0.769. The van der Waals surface area contributed by atoms with Crippen LogP contribution in [0.15, 0.2) is 18.2 Å². The maximum absolute atomic E-state index is 14.1. The number of halogens is 3. The highest BCUT2D eigenvalue weighted by Gasteiger charge is 2.35. The highest BCUT2D eigenvalue weighted by atomic mass is 35.5. The zero-order valence-corrected chi connectivity index (χ0v) is 14.3. The fourth-order valence-electron chi connectivity index (χ4n) is 3.52. The van der Waals surface area contributed by atoms with Crippen molar-refractivity contribution < 1.29 is 4.39 Å². The third kappa shape index (κ3) is 4.36. The molecule has 0 heterocycles. The van der Waals surface area contributed by atoms with Crippen molar-refractivity contribution >= 4 is 23.2 Å².